The fourth-order valence-electron chi connectivity index (χ4n) is 1.93. The van der Waals surface area contributed by atoms with Crippen LogP contribution in [-0.2, 0) is 42.8 Å². The molecule has 0 aromatic heterocycles. The molecule has 3 atom stereocenters. The zero-order chi connectivity index (χ0) is 30.0. The normalized spacial score (nSPS) is 19.8. The van der Waals surface area contributed by atoms with E-state index in [-0.39, 0.29) is 42.0 Å². The fourth-order valence-corrected chi connectivity index (χ4v) is 4.12. The van der Waals surface area contributed by atoms with Crippen LogP contribution >= 0.6 is 72.4 Å². The van der Waals surface area contributed by atoms with Crippen molar-refractivity contribution in [2.45, 2.75) is 38.2 Å². The molecule has 15 heteroatoms. The van der Waals surface area contributed by atoms with Crippen LogP contribution in [0.4, 0.5) is 0 Å². The van der Waals surface area contributed by atoms with Gasteiger partial charge in [0, 0.05) is 26.8 Å². The molecule has 3 saturated heterocycles. The number of carbonyl (C=O) groups is 3. The maximum atomic E-state index is 11.0. The van der Waals surface area contributed by atoms with E-state index in [1.54, 1.807) is 20.8 Å². The summed E-state index contributed by atoms with van der Waals surface area (Å²) in [6.07, 6.45) is 0.0455. The van der Waals surface area contributed by atoms with Crippen LogP contribution in [-0.4, -0.2) is 87.2 Å². The minimum Gasteiger partial charge on any atom is -0.477 e. The first-order valence-electron chi connectivity index (χ1n) is 11.1. The topological polar surface area (TPSA) is 110 Å². The van der Waals surface area contributed by atoms with Gasteiger partial charge in [-0.25, -0.2) is 14.4 Å². The second-order valence-corrected chi connectivity index (χ2v) is 12.0. The van der Waals surface area contributed by atoms with Crippen LogP contribution < -0.4 is 0 Å². The van der Waals surface area contributed by atoms with Gasteiger partial charge >= 0.3 is 17.9 Å². The van der Waals surface area contributed by atoms with Crippen LogP contribution in [0.2, 0.25) is 0 Å². The molecule has 0 bridgehead atoms. The third kappa shape index (κ3) is 19.9. The quantitative estimate of drug-likeness (QED) is 0.114. The summed E-state index contributed by atoms with van der Waals surface area (Å²) in [5, 5.41) is 0.135. The third-order valence-electron chi connectivity index (χ3n) is 3.95. The molecule has 3 aliphatic rings. The van der Waals surface area contributed by atoms with Crippen LogP contribution in [0.5, 0.6) is 0 Å². The monoisotopic (exact) mass is 654 g/mol. The highest BCUT2D eigenvalue weighted by molar-refractivity contribution is 8.23. The van der Waals surface area contributed by atoms with Crippen molar-refractivity contribution < 1.29 is 42.8 Å². The molecule has 0 aromatic carbocycles. The van der Waals surface area contributed by atoms with Gasteiger partial charge in [0.25, 0.3) is 0 Å². The Kier molecular flexibility index (Phi) is 20.2. The lowest BCUT2D eigenvalue weighted by Crippen LogP contribution is -2.20. The number of hydrogen-bond donors (Lipinski definition) is 0. The van der Waals surface area contributed by atoms with Gasteiger partial charge in [0.15, 0.2) is 0 Å². The summed E-state index contributed by atoms with van der Waals surface area (Å²) in [5.41, 5.74) is 1.24. The highest BCUT2D eigenvalue weighted by Crippen LogP contribution is 2.23. The van der Waals surface area contributed by atoms with Crippen LogP contribution in [0.3, 0.4) is 0 Å². The Morgan fingerprint density at radius 1 is 0.846 bits per heavy atom. The van der Waals surface area contributed by atoms with Crippen molar-refractivity contribution in [2.24, 2.45) is 0 Å². The van der Waals surface area contributed by atoms with Crippen molar-refractivity contribution in [1.82, 2.24) is 0 Å². The summed E-state index contributed by atoms with van der Waals surface area (Å²) < 4.78 is 32.6. The lowest BCUT2D eigenvalue weighted by Gasteiger charge is -2.09. The van der Waals surface area contributed by atoms with Crippen molar-refractivity contribution in [3.05, 3.63) is 36.5 Å². The molecule has 0 radical (unpaired) electrons. The molecule has 3 fully saturated rings. The van der Waals surface area contributed by atoms with Gasteiger partial charge in [-0.2, -0.15) is 0 Å². The molecule has 9 nitrogen and oxygen atoms in total. The van der Waals surface area contributed by atoms with Crippen molar-refractivity contribution in [3.63, 3.8) is 0 Å². The van der Waals surface area contributed by atoms with Gasteiger partial charge in [0.1, 0.15) is 38.6 Å². The molecule has 3 unspecified atom stereocenters. The lowest BCUT2D eigenvalue weighted by atomic mass is 10.3. The van der Waals surface area contributed by atoms with Gasteiger partial charge in [-0.1, -0.05) is 43.3 Å². The number of epoxide rings is 1. The Bertz CT molecular complexity index is 919. The van der Waals surface area contributed by atoms with Crippen LogP contribution in [0.15, 0.2) is 36.5 Å². The van der Waals surface area contributed by atoms with Gasteiger partial charge in [0.05, 0.1) is 11.9 Å². The minimum absolute atomic E-state index is 0.0965. The number of ether oxygens (including phenoxy) is 6. The summed E-state index contributed by atoms with van der Waals surface area (Å²) in [4.78, 5) is 32.6. The molecule has 39 heavy (non-hydrogen) atoms. The zero-order valence-electron chi connectivity index (χ0n) is 21.7. The van der Waals surface area contributed by atoms with E-state index in [9.17, 15) is 14.4 Å². The van der Waals surface area contributed by atoms with E-state index in [1.807, 2.05) is 4.31 Å². The van der Waals surface area contributed by atoms with E-state index >= 15 is 0 Å². The number of hydrogen-bond acceptors (Lipinski definition) is 15. The second kappa shape index (κ2) is 21.1. The maximum Gasteiger partial charge on any atom is 0.333 e. The Hall–Kier alpha value is -1.71. The number of rotatable bonds is 9. The van der Waals surface area contributed by atoms with Crippen LogP contribution in [0.25, 0.3) is 0 Å². The fraction of sp³-hybridized carbons (Fsp3) is 0.500. The predicted octanol–water partition coefficient (Wildman–Crippen LogP) is 4.57. The first-order chi connectivity index (χ1) is 18.3. The molecule has 3 aliphatic heterocycles. The molecule has 3 rings (SSSR count). The number of thiocarbonyl (C=S) groups is 4. The summed E-state index contributed by atoms with van der Waals surface area (Å²) in [7, 11) is 0. The molecule has 3 heterocycles. The molecular weight excluding hydrogens is 625 g/mol. The van der Waals surface area contributed by atoms with Crippen LogP contribution in [0.1, 0.15) is 20.8 Å². The molecule has 0 amide bonds. The van der Waals surface area contributed by atoms with E-state index in [2.05, 4.69) is 44.2 Å². The highest BCUT2D eigenvalue weighted by atomic mass is 32.2. The molecule has 0 aliphatic carbocycles. The van der Waals surface area contributed by atoms with Gasteiger partial charge in [0.2, 0.25) is 8.77 Å². The molecule has 0 N–H and O–H groups in total. The SMILES string of the molecule is C=C(C)C(=O)OCC1CO1.C=C(C)C(=O)OCC1COC(=S)S1.C=C(C)C(=O)OCC1CSC(=S)O1.S=C=S. The highest BCUT2D eigenvalue weighted by Gasteiger charge is 2.25. The first kappa shape index (κ1) is 37.3. The predicted molar refractivity (Wildman–Crippen MR) is 167 cm³/mol. The average molecular weight is 655 g/mol. The Morgan fingerprint density at radius 2 is 1.28 bits per heavy atom. The standard InChI is InChI=1S/2C8H10O3S2.C7H10O3.CS2/c1-5(2)7(9)10-3-6-4-13-8(12)11-6;1-5(2)7(9)10-3-6-4-11-8(12)13-6;1-5(2)7(8)10-4-6-3-9-6;2-1-3/h2*6H,1,3-4H2,2H3;6H,1,3-4H2,2H3;. The van der Waals surface area contributed by atoms with E-state index in [0.29, 0.717) is 51.9 Å². The number of thioether (sulfide) groups is 2. The Morgan fingerprint density at radius 3 is 1.62 bits per heavy atom. The van der Waals surface area contributed by atoms with E-state index in [0.717, 1.165) is 5.75 Å². The summed E-state index contributed by atoms with van der Waals surface area (Å²) in [6, 6.07) is 0. The van der Waals surface area contributed by atoms with E-state index in [4.69, 9.17) is 52.9 Å². The smallest absolute Gasteiger partial charge is 0.333 e. The summed E-state index contributed by atoms with van der Waals surface area (Å²) >= 11 is 20.4. The summed E-state index contributed by atoms with van der Waals surface area (Å²) in [6.45, 7) is 17.4. The van der Waals surface area contributed by atoms with Crippen molar-refractivity contribution in [2.75, 3.05) is 38.8 Å². The molecule has 0 saturated carbocycles. The molecular formula is C24H30O9S6. The molecule has 0 spiro atoms. The van der Waals surface area contributed by atoms with Gasteiger partial charge in [-0.3, -0.25) is 0 Å². The Balaban J connectivity index is 0.000000532. The number of esters is 3. The first-order valence-corrected chi connectivity index (χ1v) is 14.6. The van der Waals surface area contributed by atoms with Crippen LogP contribution in [0, 0.1) is 0 Å². The van der Waals surface area contributed by atoms with Gasteiger partial charge in [-0.05, 0) is 69.6 Å². The summed E-state index contributed by atoms with van der Waals surface area (Å²) in [5.74, 6) is -0.331. The largest absolute Gasteiger partial charge is 0.477 e. The minimum atomic E-state index is -0.383. The van der Waals surface area contributed by atoms with Crippen molar-refractivity contribution >= 4 is 103 Å². The van der Waals surface area contributed by atoms with Crippen molar-refractivity contribution in [1.29, 1.82) is 0 Å². The maximum absolute atomic E-state index is 11.0. The van der Waals surface area contributed by atoms with Gasteiger partial charge in [-0.15, -0.1) is 0 Å². The second-order valence-electron chi connectivity index (χ2n) is 7.78. The van der Waals surface area contributed by atoms with Gasteiger partial charge < -0.3 is 28.4 Å². The lowest BCUT2D eigenvalue weighted by molar-refractivity contribution is -0.141. The van der Waals surface area contributed by atoms with E-state index in [1.165, 1.54) is 23.5 Å². The average Bonchev–Trinajstić information content (AvgIpc) is 3.47. The third-order valence-corrected chi connectivity index (χ3v) is 6.59. The number of carbonyl (C=O) groups excluding carboxylic acids is 3. The van der Waals surface area contributed by atoms with E-state index < -0.39 is 0 Å². The van der Waals surface area contributed by atoms with Crippen molar-refractivity contribution in [3.8, 4) is 0 Å². The molecule has 216 valence electrons. The molecule has 0 aromatic rings. The zero-order valence-corrected chi connectivity index (χ0v) is 26.6. The Labute approximate surface area is 258 Å².